The molecule has 0 saturated carbocycles. The van der Waals surface area contributed by atoms with Gasteiger partial charge in [-0.25, -0.2) is 17.2 Å². The molecule has 7 heteroatoms. The molecule has 0 aliphatic rings. The highest BCUT2D eigenvalue weighted by molar-refractivity contribution is 7.92. The van der Waals surface area contributed by atoms with Gasteiger partial charge >= 0.3 is 5.97 Å². The molecule has 0 saturated heterocycles. The van der Waals surface area contributed by atoms with Crippen molar-refractivity contribution in [2.45, 2.75) is 4.90 Å². The Bertz CT molecular complexity index is 495. The highest BCUT2D eigenvalue weighted by Gasteiger charge is 2.20. The molecule has 1 aromatic rings. The third-order valence-corrected chi connectivity index (χ3v) is 3.16. The molecule has 1 N–H and O–H groups in total. The van der Waals surface area contributed by atoms with Gasteiger partial charge in [-0.15, -0.1) is 0 Å². The molecule has 0 heterocycles. The molecule has 0 atom stereocenters. The molecule has 82 valence electrons. The Morgan fingerprint density at radius 3 is 2.33 bits per heavy atom. The van der Waals surface area contributed by atoms with Gasteiger partial charge in [-0.05, 0) is 18.2 Å². The maximum absolute atomic E-state index is 12.7. The predicted octanol–water partition coefficient (Wildman–Crippen LogP) is 0.823. The van der Waals surface area contributed by atoms with E-state index in [2.05, 4.69) is 0 Å². The van der Waals surface area contributed by atoms with Crippen molar-refractivity contribution >= 4 is 15.8 Å². The fraction of sp³-hybridized carbons (Fsp3) is 0.125. The Kier molecular flexibility index (Phi) is 3.04. The lowest BCUT2D eigenvalue weighted by atomic mass is 10.3. The summed E-state index contributed by atoms with van der Waals surface area (Å²) in [4.78, 5) is 9.64. The molecule has 0 bridgehead atoms. The van der Waals surface area contributed by atoms with Gasteiger partial charge in [0.25, 0.3) is 0 Å². The minimum absolute atomic E-state index is 0.452. The lowest BCUT2D eigenvalue weighted by Crippen LogP contribution is -2.15. The SMILES string of the molecule is O=C(O)CS(=O)(=O)c1ccc(F)c(F)c1. The van der Waals surface area contributed by atoms with Crippen molar-refractivity contribution in [3.05, 3.63) is 29.8 Å². The second-order valence-electron chi connectivity index (χ2n) is 2.73. The van der Waals surface area contributed by atoms with Crippen LogP contribution < -0.4 is 0 Å². The number of carboxylic acid groups (broad SMARTS) is 1. The smallest absolute Gasteiger partial charge is 0.319 e. The number of benzene rings is 1. The minimum atomic E-state index is -4.10. The number of carbonyl (C=O) groups is 1. The molecule has 1 rings (SSSR count). The number of halogens is 2. The summed E-state index contributed by atoms with van der Waals surface area (Å²) in [6.45, 7) is 0. The average molecular weight is 236 g/mol. The summed E-state index contributed by atoms with van der Waals surface area (Å²) in [5.41, 5.74) is 0. The number of aliphatic carboxylic acids is 1. The summed E-state index contributed by atoms with van der Waals surface area (Å²) < 4.78 is 47.6. The van der Waals surface area contributed by atoms with Crippen LogP contribution in [0.25, 0.3) is 0 Å². The van der Waals surface area contributed by atoms with Crippen LogP contribution in [-0.4, -0.2) is 25.2 Å². The second kappa shape index (κ2) is 3.93. The number of sulfone groups is 1. The van der Waals surface area contributed by atoms with E-state index in [9.17, 15) is 22.0 Å². The first-order chi connectivity index (χ1) is 6.83. The maximum atomic E-state index is 12.7. The Labute approximate surface area is 84.1 Å². The first kappa shape index (κ1) is 11.6. The molecule has 0 radical (unpaired) electrons. The van der Waals surface area contributed by atoms with Crippen molar-refractivity contribution in [1.82, 2.24) is 0 Å². The van der Waals surface area contributed by atoms with E-state index in [4.69, 9.17) is 5.11 Å². The van der Waals surface area contributed by atoms with Crippen molar-refractivity contribution in [3.8, 4) is 0 Å². The van der Waals surface area contributed by atoms with Crippen LogP contribution >= 0.6 is 0 Å². The summed E-state index contributed by atoms with van der Waals surface area (Å²) >= 11 is 0. The van der Waals surface area contributed by atoms with Gasteiger partial charge in [0.1, 0.15) is 0 Å². The topological polar surface area (TPSA) is 71.4 Å². The predicted molar refractivity (Wildman–Crippen MR) is 46.0 cm³/mol. The van der Waals surface area contributed by atoms with Crippen molar-refractivity contribution in [2.75, 3.05) is 5.75 Å². The zero-order chi connectivity index (χ0) is 11.6. The van der Waals surface area contributed by atoms with E-state index in [-0.39, 0.29) is 0 Å². The number of hydrogen-bond acceptors (Lipinski definition) is 3. The van der Waals surface area contributed by atoms with Gasteiger partial charge in [-0.3, -0.25) is 4.79 Å². The van der Waals surface area contributed by atoms with Crippen LogP contribution in [0.2, 0.25) is 0 Å². The molecule has 0 spiro atoms. The largest absolute Gasteiger partial charge is 0.480 e. The monoisotopic (exact) mass is 236 g/mol. The van der Waals surface area contributed by atoms with Crippen molar-refractivity contribution in [2.24, 2.45) is 0 Å². The summed E-state index contributed by atoms with van der Waals surface area (Å²) in [6, 6.07) is 1.90. The number of carboxylic acids is 1. The molecule has 0 fully saturated rings. The van der Waals surface area contributed by atoms with E-state index >= 15 is 0 Å². The molecule has 0 aromatic heterocycles. The zero-order valence-electron chi connectivity index (χ0n) is 7.28. The van der Waals surface area contributed by atoms with Gasteiger partial charge in [0.15, 0.2) is 27.2 Å². The molecule has 4 nitrogen and oxygen atoms in total. The zero-order valence-corrected chi connectivity index (χ0v) is 8.09. The van der Waals surface area contributed by atoms with E-state index in [1.54, 1.807) is 0 Å². The highest BCUT2D eigenvalue weighted by atomic mass is 32.2. The van der Waals surface area contributed by atoms with Gasteiger partial charge in [0, 0.05) is 0 Å². The van der Waals surface area contributed by atoms with E-state index in [1.165, 1.54) is 0 Å². The van der Waals surface area contributed by atoms with Crippen LogP contribution in [0, 0.1) is 11.6 Å². The van der Waals surface area contributed by atoms with E-state index in [0.717, 1.165) is 6.07 Å². The fourth-order valence-corrected chi connectivity index (χ4v) is 1.97. The van der Waals surface area contributed by atoms with Crippen LogP contribution in [0.3, 0.4) is 0 Å². The molecular formula is C8H6F2O4S. The van der Waals surface area contributed by atoms with Crippen LogP contribution in [0.5, 0.6) is 0 Å². The third-order valence-electron chi connectivity index (χ3n) is 1.56. The van der Waals surface area contributed by atoms with Gasteiger partial charge < -0.3 is 5.11 Å². The average Bonchev–Trinajstić information content (AvgIpc) is 2.07. The first-order valence-corrected chi connectivity index (χ1v) is 5.38. The normalized spacial score (nSPS) is 11.3. The van der Waals surface area contributed by atoms with Crippen molar-refractivity contribution < 1.29 is 27.1 Å². The number of rotatable bonds is 3. The third kappa shape index (κ3) is 2.72. The minimum Gasteiger partial charge on any atom is -0.480 e. The Balaban J connectivity index is 3.17. The Morgan fingerprint density at radius 1 is 1.27 bits per heavy atom. The molecule has 0 unspecified atom stereocenters. The second-order valence-corrected chi connectivity index (χ2v) is 4.72. The van der Waals surface area contributed by atoms with E-state index < -0.39 is 38.1 Å². The summed E-state index contributed by atoms with van der Waals surface area (Å²) in [7, 11) is -4.10. The summed E-state index contributed by atoms with van der Waals surface area (Å²) in [5, 5.41) is 8.29. The summed E-state index contributed by atoms with van der Waals surface area (Å²) in [5.74, 6) is -5.23. The number of hydrogen-bond donors (Lipinski definition) is 1. The van der Waals surface area contributed by atoms with Crippen LogP contribution in [0.1, 0.15) is 0 Å². The van der Waals surface area contributed by atoms with Gasteiger partial charge in [0.2, 0.25) is 0 Å². The highest BCUT2D eigenvalue weighted by Crippen LogP contribution is 2.14. The molecule has 15 heavy (non-hydrogen) atoms. The lowest BCUT2D eigenvalue weighted by molar-refractivity contribution is -0.134. The Morgan fingerprint density at radius 2 is 1.87 bits per heavy atom. The standard InChI is InChI=1S/C8H6F2O4S/c9-6-2-1-5(3-7(6)10)15(13,14)4-8(11)12/h1-3H,4H2,(H,11,12). The molecular weight excluding hydrogens is 230 g/mol. The lowest BCUT2D eigenvalue weighted by Gasteiger charge is -2.01. The van der Waals surface area contributed by atoms with Gasteiger partial charge in [-0.2, -0.15) is 0 Å². The van der Waals surface area contributed by atoms with Gasteiger partial charge in [-0.1, -0.05) is 0 Å². The van der Waals surface area contributed by atoms with Crippen molar-refractivity contribution in [1.29, 1.82) is 0 Å². The molecule has 0 amide bonds. The Hall–Kier alpha value is -1.50. The van der Waals surface area contributed by atoms with Crippen LogP contribution in [-0.2, 0) is 14.6 Å². The fourth-order valence-electron chi connectivity index (χ4n) is 0.916. The van der Waals surface area contributed by atoms with E-state index in [1.807, 2.05) is 0 Å². The van der Waals surface area contributed by atoms with E-state index in [0.29, 0.717) is 12.1 Å². The van der Waals surface area contributed by atoms with Crippen LogP contribution in [0.15, 0.2) is 23.1 Å². The molecule has 1 aromatic carbocycles. The maximum Gasteiger partial charge on any atom is 0.319 e. The molecule has 0 aliphatic heterocycles. The van der Waals surface area contributed by atoms with Crippen LogP contribution in [0.4, 0.5) is 8.78 Å². The first-order valence-electron chi connectivity index (χ1n) is 3.72. The molecule has 0 aliphatic carbocycles. The quantitative estimate of drug-likeness (QED) is 0.789. The van der Waals surface area contributed by atoms with Crippen molar-refractivity contribution in [3.63, 3.8) is 0 Å². The summed E-state index contributed by atoms with van der Waals surface area (Å²) in [6.07, 6.45) is 0. The van der Waals surface area contributed by atoms with Gasteiger partial charge in [0.05, 0.1) is 4.90 Å².